The molecule has 3 rings (SSSR count). The number of hydrogen-bond donors (Lipinski definition) is 2. The smallest absolute Gasteiger partial charge is 0.245 e. The van der Waals surface area contributed by atoms with Gasteiger partial charge in [0.05, 0.1) is 12.7 Å². The maximum atomic E-state index is 14.0. The molecule has 0 bridgehead atoms. The molecule has 106 valence electrons. The fraction of sp³-hybridized carbons (Fsp3) is 0.385. The summed E-state index contributed by atoms with van der Waals surface area (Å²) in [5.74, 6) is 1.03. The monoisotopic (exact) mass is 277 g/mol. The summed E-state index contributed by atoms with van der Waals surface area (Å²) < 4.78 is 19.2. The van der Waals surface area contributed by atoms with Crippen molar-refractivity contribution >= 4 is 5.95 Å². The van der Waals surface area contributed by atoms with Crippen molar-refractivity contribution in [3.8, 4) is 17.1 Å². The third kappa shape index (κ3) is 2.32. The van der Waals surface area contributed by atoms with Gasteiger partial charge in [-0.1, -0.05) is 6.07 Å². The Morgan fingerprint density at radius 2 is 2.10 bits per heavy atom. The van der Waals surface area contributed by atoms with Crippen molar-refractivity contribution in [3.63, 3.8) is 0 Å². The second-order valence-electron chi connectivity index (χ2n) is 4.54. The van der Waals surface area contributed by atoms with Gasteiger partial charge in [0, 0.05) is 26.2 Å². The van der Waals surface area contributed by atoms with Crippen molar-refractivity contribution in [2.75, 3.05) is 38.2 Å². The third-order valence-corrected chi connectivity index (χ3v) is 3.31. The first-order valence-electron chi connectivity index (χ1n) is 6.50. The van der Waals surface area contributed by atoms with E-state index in [1.54, 1.807) is 12.1 Å². The van der Waals surface area contributed by atoms with Crippen LogP contribution in [0.2, 0.25) is 0 Å². The number of piperazine rings is 1. The maximum absolute atomic E-state index is 14.0. The highest BCUT2D eigenvalue weighted by Gasteiger charge is 2.19. The first kappa shape index (κ1) is 12.9. The number of anilines is 1. The average Bonchev–Trinajstić information content (AvgIpc) is 2.97. The number of hydrogen-bond acceptors (Lipinski definition) is 5. The lowest BCUT2D eigenvalue weighted by Crippen LogP contribution is -2.44. The molecule has 0 unspecified atom stereocenters. The number of methoxy groups -OCH3 is 1. The standard InChI is InChI=1S/C13H16FN5O/c1-20-10-4-2-3-9(14)11(10)12-16-13(18-17-12)19-7-5-15-6-8-19/h2-4,15H,5-8H2,1H3,(H,16,17,18). The fourth-order valence-corrected chi connectivity index (χ4v) is 2.28. The lowest BCUT2D eigenvalue weighted by atomic mass is 10.2. The molecule has 2 aromatic rings. The fourth-order valence-electron chi connectivity index (χ4n) is 2.28. The van der Waals surface area contributed by atoms with E-state index in [-0.39, 0.29) is 5.82 Å². The molecule has 6 nitrogen and oxygen atoms in total. The summed E-state index contributed by atoms with van der Waals surface area (Å²) >= 11 is 0. The molecular formula is C13H16FN5O. The van der Waals surface area contributed by atoms with Gasteiger partial charge in [0.1, 0.15) is 11.6 Å². The van der Waals surface area contributed by atoms with Crippen molar-refractivity contribution < 1.29 is 9.13 Å². The Bertz CT molecular complexity index is 594. The van der Waals surface area contributed by atoms with Gasteiger partial charge in [-0.3, -0.25) is 5.10 Å². The van der Waals surface area contributed by atoms with E-state index in [0.717, 1.165) is 26.2 Å². The number of H-pyrrole nitrogens is 1. The number of rotatable bonds is 3. The minimum Gasteiger partial charge on any atom is -0.496 e. The van der Waals surface area contributed by atoms with Gasteiger partial charge in [0.25, 0.3) is 0 Å². The van der Waals surface area contributed by atoms with Crippen molar-refractivity contribution in [2.24, 2.45) is 0 Å². The molecule has 1 saturated heterocycles. The Morgan fingerprint density at radius 1 is 1.30 bits per heavy atom. The molecule has 7 heteroatoms. The van der Waals surface area contributed by atoms with Gasteiger partial charge in [-0.2, -0.15) is 4.98 Å². The van der Waals surface area contributed by atoms with Crippen molar-refractivity contribution in [3.05, 3.63) is 24.0 Å². The Morgan fingerprint density at radius 3 is 2.85 bits per heavy atom. The molecule has 2 heterocycles. The molecule has 2 N–H and O–H groups in total. The van der Waals surface area contributed by atoms with Crippen LogP contribution < -0.4 is 15.0 Å². The van der Waals surface area contributed by atoms with E-state index in [4.69, 9.17) is 4.74 Å². The summed E-state index contributed by atoms with van der Waals surface area (Å²) in [6.07, 6.45) is 0. The molecule has 1 fully saturated rings. The topological polar surface area (TPSA) is 66.1 Å². The van der Waals surface area contributed by atoms with E-state index in [1.165, 1.54) is 13.2 Å². The zero-order valence-electron chi connectivity index (χ0n) is 11.2. The molecule has 1 aromatic heterocycles. The van der Waals surface area contributed by atoms with E-state index < -0.39 is 0 Å². The van der Waals surface area contributed by atoms with Crippen molar-refractivity contribution in [1.82, 2.24) is 20.5 Å². The largest absolute Gasteiger partial charge is 0.496 e. The van der Waals surface area contributed by atoms with E-state index >= 15 is 0 Å². The number of halogens is 1. The SMILES string of the molecule is COc1cccc(F)c1-c1nc(N2CCNCC2)n[nH]1. The first-order valence-corrected chi connectivity index (χ1v) is 6.50. The summed E-state index contributed by atoms with van der Waals surface area (Å²) in [6.45, 7) is 3.47. The Hall–Kier alpha value is -2.15. The van der Waals surface area contributed by atoms with E-state index in [0.29, 0.717) is 23.1 Å². The summed E-state index contributed by atoms with van der Waals surface area (Å²) in [5.41, 5.74) is 0.309. The zero-order chi connectivity index (χ0) is 13.9. The second kappa shape index (κ2) is 5.46. The zero-order valence-corrected chi connectivity index (χ0v) is 11.2. The first-order chi connectivity index (χ1) is 9.79. The highest BCUT2D eigenvalue weighted by molar-refractivity contribution is 5.65. The van der Waals surface area contributed by atoms with Crippen molar-refractivity contribution in [2.45, 2.75) is 0 Å². The molecule has 0 radical (unpaired) electrons. The lowest BCUT2D eigenvalue weighted by molar-refractivity contribution is 0.413. The minimum atomic E-state index is -0.382. The highest BCUT2D eigenvalue weighted by atomic mass is 19.1. The molecule has 1 aliphatic rings. The molecule has 0 atom stereocenters. The Balaban J connectivity index is 1.93. The van der Waals surface area contributed by atoms with E-state index in [9.17, 15) is 4.39 Å². The predicted molar refractivity (Wildman–Crippen MR) is 73.4 cm³/mol. The molecule has 1 aromatic carbocycles. The van der Waals surface area contributed by atoms with Crippen LogP contribution in [0.1, 0.15) is 0 Å². The molecule has 0 spiro atoms. The normalized spacial score (nSPS) is 15.4. The van der Waals surface area contributed by atoms with Crippen LogP contribution in [0.3, 0.4) is 0 Å². The molecule has 0 amide bonds. The van der Waals surface area contributed by atoms with Gasteiger partial charge in [0.15, 0.2) is 5.82 Å². The second-order valence-corrected chi connectivity index (χ2v) is 4.54. The van der Waals surface area contributed by atoms with Crippen molar-refractivity contribution in [1.29, 1.82) is 0 Å². The van der Waals surface area contributed by atoms with E-state index in [2.05, 4.69) is 25.4 Å². The summed E-state index contributed by atoms with van der Waals surface area (Å²) in [6, 6.07) is 4.68. The Kier molecular flexibility index (Phi) is 3.51. The van der Waals surface area contributed by atoms with E-state index in [1.807, 2.05) is 0 Å². The van der Waals surface area contributed by atoms with Crippen LogP contribution in [0.25, 0.3) is 11.4 Å². The van der Waals surface area contributed by atoms with Crippen LogP contribution >= 0.6 is 0 Å². The number of benzene rings is 1. The van der Waals surface area contributed by atoms with Gasteiger partial charge in [-0.05, 0) is 12.1 Å². The quantitative estimate of drug-likeness (QED) is 0.877. The van der Waals surface area contributed by atoms with Gasteiger partial charge in [-0.15, -0.1) is 5.10 Å². The molecule has 20 heavy (non-hydrogen) atoms. The number of aromatic amines is 1. The third-order valence-electron chi connectivity index (χ3n) is 3.31. The van der Waals surface area contributed by atoms with Crippen LogP contribution in [0.4, 0.5) is 10.3 Å². The highest BCUT2D eigenvalue weighted by Crippen LogP contribution is 2.30. The number of ether oxygens (including phenoxy) is 1. The molecule has 1 aliphatic heterocycles. The van der Waals surface area contributed by atoms with Gasteiger partial charge in [0.2, 0.25) is 5.95 Å². The number of nitrogens with one attached hydrogen (secondary N) is 2. The number of aromatic nitrogens is 3. The van der Waals surface area contributed by atoms with Crippen LogP contribution in [-0.4, -0.2) is 48.5 Å². The van der Waals surface area contributed by atoms with Gasteiger partial charge in [-0.25, -0.2) is 4.39 Å². The van der Waals surface area contributed by atoms with Crippen LogP contribution in [-0.2, 0) is 0 Å². The summed E-state index contributed by atoms with van der Waals surface area (Å²) in [5, 5.41) is 10.2. The van der Waals surface area contributed by atoms with Gasteiger partial charge >= 0.3 is 0 Å². The maximum Gasteiger partial charge on any atom is 0.245 e. The Labute approximate surface area is 116 Å². The van der Waals surface area contributed by atoms with Crippen LogP contribution in [0.5, 0.6) is 5.75 Å². The molecule has 0 saturated carbocycles. The predicted octanol–water partition coefficient (Wildman–Crippen LogP) is 1.03. The molecule has 0 aliphatic carbocycles. The summed E-state index contributed by atoms with van der Waals surface area (Å²) in [7, 11) is 1.51. The molecular weight excluding hydrogens is 261 g/mol. The van der Waals surface area contributed by atoms with Gasteiger partial charge < -0.3 is 15.0 Å². The lowest BCUT2D eigenvalue weighted by Gasteiger charge is -2.25. The van der Waals surface area contributed by atoms with Crippen LogP contribution in [0.15, 0.2) is 18.2 Å². The summed E-state index contributed by atoms with van der Waals surface area (Å²) in [4.78, 5) is 6.44. The minimum absolute atomic E-state index is 0.309. The van der Waals surface area contributed by atoms with Crippen LogP contribution in [0, 0.1) is 5.82 Å². The number of nitrogens with zero attached hydrogens (tertiary/aromatic N) is 3. The average molecular weight is 277 g/mol.